The Morgan fingerprint density at radius 3 is 1.71 bits per heavy atom. The molecule has 0 aliphatic heterocycles. The smallest absolute Gasteiger partial charge is 0.326 e. The highest BCUT2D eigenvalue weighted by atomic mass is 32.2. The number of rotatable bonds is 27. The number of hydrogen-bond acceptors (Lipinski definition) is 12. The van der Waals surface area contributed by atoms with Crippen molar-refractivity contribution < 1.29 is 53.7 Å². The van der Waals surface area contributed by atoms with Gasteiger partial charge in [-0.05, 0) is 56.1 Å². The monoisotopic (exact) mass is 838 g/mol. The summed E-state index contributed by atoms with van der Waals surface area (Å²) >= 11 is 1.38. The van der Waals surface area contributed by atoms with Gasteiger partial charge in [0.15, 0.2) is 5.96 Å². The zero-order chi connectivity index (χ0) is 43.9. The maximum Gasteiger partial charge on any atom is 0.326 e. The van der Waals surface area contributed by atoms with Gasteiger partial charge in [0.25, 0.3) is 0 Å². The zero-order valence-electron chi connectivity index (χ0n) is 33.0. The molecule has 0 aliphatic carbocycles. The van der Waals surface area contributed by atoms with E-state index in [1.807, 2.05) is 0 Å². The quantitative estimate of drug-likeness (QED) is 0.0240. The van der Waals surface area contributed by atoms with Crippen molar-refractivity contribution in [2.24, 2.45) is 17.4 Å². The molecule has 1 rings (SSSR count). The molecule has 6 amide bonds. The largest absolute Gasteiger partial charge is 0.481 e. The summed E-state index contributed by atoms with van der Waals surface area (Å²) in [6, 6.07) is -1.09. The van der Waals surface area contributed by atoms with Gasteiger partial charge in [-0.1, -0.05) is 44.2 Å². The van der Waals surface area contributed by atoms with Crippen LogP contribution in [0, 0.1) is 11.3 Å². The van der Waals surface area contributed by atoms with Crippen molar-refractivity contribution in [3.05, 3.63) is 35.9 Å². The van der Waals surface area contributed by atoms with E-state index in [4.69, 9.17) is 16.9 Å². The summed E-state index contributed by atoms with van der Waals surface area (Å²) in [5.74, 6) is -8.45. The van der Waals surface area contributed by atoms with E-state index in [2.05, 4.69) is 37.2 Å². The molecule has 0 saturated carbocycles. The number of guanidine groups is 1. The van der Waals surface area contributed by atoms with Crippen molar-refractivity contribution in [3.63, 3.8) is 0 Å². The lowest BCUT2D eigenvalue weighted by Gasteiger charge is -2.27. The van der Waals surface area contributed by atoms with Gasteiger partial charge in [-0.25, -0.2) is 4.79 Å². The number of nitrogens with one attached hydrogen (secondary N) is 8. The van der Waals surface area contributed by atoms with E-state index in [1.54, 1.807) is 50.4 Å². The van der Waals surface area contributed by atoms with Crippen LogP contribution in [0.5, 0.6) is 0 Å². The maximum absolute atomic E-state index is 13.6. The molecule has 0 heterocycles. The molecule has 15 N–H and O–H groups in total. The first-order valence-electron chi connectivity index (χ1n) is 18.5. The Morgan fingerprint density at radius 2 is 1.19 bits per heavy atom. The van der Waals surface area contributed by atoms with Crippen LogP contribution in [0.4, 0.5) is 0 Å². The summed E-state index contributed by atoms with van der Waals surface area (Å²) in [5.41, 5.74) is 11.5. The number of aliphatic carboxylic acids is 2. The molecule has 58 heavy (non-hydrogen) atoms. The lowest BCUT2D eigenvalue weighted by Crippen LogP contribution is -2.60. The van der Waals surface area contributed by atoms with E-state index in [1.165, 1.54) is 18.7 Å². The van der Waals surface area contributed by atoms with Gasteiger partial charge in [0.05, 0.1) is 19.1 Å². The summed E-state index contributed by atoms with van der Waals surface area (Å²) in [7, 11) is 0. The second-order valence-electron chi connectivity index (χ2n) is 13.9. The van der Waals surface area contributed by atoms with Crippen LogP contribution in [-0.4, -0.2) is 136 Å². The number of carboxylic acid groups (broad SMARTS) is 2. The lowest BCUT2D eigenvalue weighted by molar-refractivity contribution is -0.142. The van der Waals surface area contributed by atoms with Crippen LogP contribution in [0.15, 0.2) is 30.3 Å². The van der Waals surface area contributed by atoms with E-state index < -0.39 is 103 Å². The normalized spacial score (nSPS) is 14.5. The van der Waals surface area contributed by atoms with E-state index in [-0.39, 0.29) is 50.5 Å². The second-order valence-corrected chi connectivity index (χ2v) is 14.8. The molecule has 1 aromatic carbocycles. The van der Waals surface area contributed by atoms with Crippen molar-refractivity contribution in [1.29, 1.82) is 5.41 Å². The lowest BCUT2D eigenvalue weighted by atomic mass is 10.0. The number of benzene rings is 1. The number of nitrogens with two attached hydrogens (primary N) is 2. The van der Waals surface area contributed by atoms with Gasteiger partial charge in [-0.3, -0.25) is 39.0 Å². The average molecular weight is 839 g/mol. The molecule has 0 radical (unpaired) electrons. The first-order valence-corrected chi connectivity index (χ1v) is 19.9. The van der Waals surface area contributed by atoms with E-state index in [0.29, 0.717) is 11.3 Å². The zero-order valence-corrected chi connectivity index (χ0v) is 33.9. The van der Waals surface area contributed by atoms with Gasteiger partial charge in [0, 0.05) is 13.0 Å². The number of hydrogen-bond donors (Lipinski definition) is 13. The molecule has 21 nitrogen and oxygen atoms in total. The summed E-state index contributed by atoms with van der Waals surface area (Å²) in [6.45, 7) is 3.98. The van der Waals surface area contributed by atoms with Crippen molar-refractivity contribution in [2.45, 2.75) is 102 Å². The van der Waals surface area contributed by atoms with E-state index in [0.717, 1.165) is 0 Å². The highest BCUT2D eigenvalue weighted by Crippen LogP contribution is 2.10. The summed E-state index contributed by atoms with van der Waals surface area (Å²) < 4.78 is 0. The Kier molecular flexibility index (Phi) is 23.0. The molecule has 0 bridgehead atoms. The fourth-order valence-electron chi connectivity index (χ4n) is 5.30. The number of carbonyl (C=O) groups excluding carboxylic acids is 6. The van der Waals surface area contributed by atoms with Crippen molar-refractivity contribution in [3.8, 4) is 0 Å². The topological polar surface area (TPSA) is 357 Å². The van der Waals surface area contributed by atoms with Gasteiger partial charge in [-0.15, -0.1) is 0 Å². The molecule has 22 heteroatoms. The van der Waals surface area contributed by atoms with Gasteiger partial charge in [0.2, 0.25) is 35.4 Å². The summed E-state index contributed by atoms with van der Waals surface area (Å²) in [5, 5.41) is 53.6. The number of aliphatic hydroxyl groups excluding tert-OH is 1. The standard InChI is InChI=1S/C36H58N10O11S/c1-19(2)15-24(32(53)42-23(12-14-58-4)31(52)45-26(35(56)57)16-21-9-6-5-7-10-21)43-34(55)27(18-47)46-33(54)25(17-28(48)49)44-30(51)22(41-29(50)20(3)37)11-8-13-40-36(38)39/h5-7,9-10,19-20,22-27,47H,8,11-18,37H2,1-4H3,(H,41,50)(H,42,53)(H,43,55)(H,44,51)(H,45,52)(H,46,54)(H,48,49)(H,56,57)(H4,38,39,40)/t20-,22-,23-,24-,25-,26-,27-/m0/s1. The Bertz CT molecular complexity index is 1570. The SMILES string of the molecule is CSCC[C@H](NC(=O)[C@H](CC(C)C)NC(=O)[C@H](CO)NC(=O)[C@H](CC(=O)O)NC(=O)[C@H](CCCNC(=N)N)NC(=O)[C@H](C)N)C(=O)N[C@@H](Cc1ccccc1)C(=O)O. The van der Waals surface area contributed by atoms with E-state index in [9.17, 15) is 53.7 Å². The minimum Gasteiger partial charge on any atom is -0.481 e. The van der Waals surface area contributed by atoms with Gasteiger partial charge >= 0.3 is 11.9 Å². The average Bonchev–Trinajstić information content (AvgIpc) is 3.15. The molecule has 324 valence electrons. The van der Waals surface area contributed by atoms with Crippen LogP contribution in [0.3, 0.4) is 0 Å². The third kappa shape index (κ3) is 19.6. The molecule has 1 aromatic rings. The van der Waals surface area contributed by atoms with Gasteiger partial charge in [-0.2, -0.15) is 11.8 Å². The van der Waals surface area contributed by atoms with Crippen LogP contribution in [0.25, 0.3) is 0 Å². The molecule has 0 spiro atoms. The summed E-state index contributed by atoms with van der Waals surface area (Å²) in [4.78, 5) is 103. The first kappa shape index (κ1) is 50.5. The summed E-state index contributed by atoms with van der Waals surface area (Å²) in [6.07, 6.45) is 1.08. The maximum atomic E-state index is 13.6. The van der Waals surface area contributed by atoms with Crippen LogP contribution < -0.4 is 48.7 Å². The van der Waals surface area contributed by atoms with E-state index >= 15 is 0 Å². The minimum absolute atomic E-state index is 0.0208. The molecule has 0 unspecified atom stereocenters. The van der Waals surface area contributed by atoms with Crippen molar-refractivity contribution in [1.82, 2.24) is 37.2 Å². The molecule has 0 aromatic heterocycles. The minimum atomic E-state index is -1.81. The third-order valence-corrected chi connectivity index (χ3v) is 8.98. The second kappa shape index (κ2) is 26.4. The molecule has 0 saturated heterocycles. The fraction of sp³-hybridized carbons (Fsp3) is 0.583. The molecular formula is C36H58N10O11S. The van der Waals surface area contributed by atoms with Crippen LogP contribution in [-0.2, 0) is 44.8 Å². The van der Waals surface area contributed by atoms with Gasteiger partial charge in [0.1, 0.15) is 36.3 Å². The molecule has 0 aliphatic rings. The first-order chi connectivity index (χ1) is 27.3. The number of carboxylic acids is 2. The number of aliphatic hydroxyl groups is 1. The fourth-order valence-corrected chi connectivity index (χ4v) is 5.77. The molecule has 0 fully saturated rings. The Hall–Kier alpha value is -5.48. The highest BCUT2D eigenvalue weighted by Gasteiger charge is 2.34. The van der Waals surface area contributed by atoms with Crippen LogP contribution >= 0.6 is 11.8 Å². The molecular weight excluding hydrogens is 781 g/mol. The highest BCUT2D eigenvalue weighted by molar-refractivity contribution is 7.98. The van der Waals surface area contributed by atoms with Gasteiger partial charge < -0.3 is 64.0 Å². The van der Waals surface area contributed by atoms with Crippen molar-refractivity contribution >= 4 is 65.1 Å². The predicted octanol–water partition coefficient (Wildman–Crippen LogP) is -2.90. The third-order valence-electron chi connectivity index (χ3n) is 8.34. The Labute approximate surface area is 340 Å². The predicted molar refractivity (Wildman–Crippen MR) is 214 cm³/mol. The number of thioether (sulfide) groups is 1. The number of amides is 6. The van der Waals surface area contributed by atoms with Crippen LogP contribution in [0.2, 0.25) is 0 Å². The number of carbonyl (C=O) groups is 8. The molecule has 7 atom stereocenters. The Morgan fingerprint density at radius 1 is 0.707 bits per heavy atom. The van der Waals surface area contributed by atoms with Crippen molar-refractivity contribution in [2.75, 3.05) is 25.2 Å². The van der Waals surface area contributed by atoms with Crippen LogP contribution in [0.1, 0.15) is 58.4 Å². The Balaban J connectivity index is 3.19.